The second-order valence-electron chi connectivity index (χ2n) is 9.06. The molecule has 7 nitrogen and oxygen atoms in total. The van der Waals surface area contributed by atoms with Crippen LogP contribution in [0.15, 0.2) is 35.1 Å². The van der Waals surface area contributed by atoms with E-state index in [1.165, 1.54) is 0 Å². The van der Waals surface area contributed by atoms with Gasteiger partial charge in [-0.3, -0.25) is 19.2 Å². The third-order valence-corrected chi connectivity index (χ3v) is 6.81. The first-order valence-corrected chi connectivity index (χ1v) is 11.0. The van der Waals surface area contributed by atoms with Crippen molar-refractivity contribution in [1.82, 2.24) is 19.2 Å². The zero-order valence-corrected chi connectivity index (χ0v) is 17.8. The molecule has 3 heterocycles. The molecule has 3 fully saturated rings. The number of aromatic nitrogens is 2. The van der Waals surface area contributed by atoms with E-state index in [0.717, 1.165) is 49.4 Å². The molecule has 0 radical (unpaired) electrons. The van der Waals surface area contributed by atoms with Crippen LogP contribution in [0.3, 0.4) is 0 Å². The monoisotopic (exact) mass is 410 g/mol. The van der Waals surface area contributed by atoms with Gasteiger partial charge < -0.3 is 9.64 Å². The minimum absolute atomic E-state index is 0.0396. The number of para-hydroxylation sites is 1. The fourth-order valence-electron chi connectivity index (χ4n) is 4.93. The van der Waals surface area contributed by atoms with E-state index in [1.54, 1.807) is 4.68 Å². The van der Waals surface area contributed by atoms with E-state index in [1.807, 2.05) is 49.0 Å². The number of fused-ring (bicyclic) bond motifs is 3. The van der Waals surface area contributed by atoms with Crippen LogP contribution < -0.4 is 5.56 Å². The number of amides is 1. The zero-order chi connectivity index (χ0) is 20.8. The Kier molecular flexibility index (Phi) is 5.03. The minimum Gasteiger partial charge on any atom is -0.379 e. The number of ether oxygens (including phenoxy) is 1. The second kappa shape index (κ2) is 7.71. The molecule has 1 aromatic heterocycles. The normalized spacial score (nSPS) is 24.7. The number of carbonyl (C=O) groups excluding carboxylic acids is 1. The maximum atomic E-state index is 13.3. The highest BCUT2D eigenvalue weighted by atomic mass is 16.5. The van der Waals surface area contributed by atoms with E-state index in [4.69, 9.17) is 4.74 Å². The Labute approximate surface area is 176 Å². The van der Waals surface area contributed by atoms with Gasteiger partial charge in [-0.2, -0.15) is 0 Å². The molecule has 1 amide bonds. The van der Waals surface area contributed by atoms with E-state index in [9.17, 15) is 9.59 Å². The van der Waals surface area contributed by atoms with E-state index in [-0.39, 0.29) is 17.5 Å². The number of hydrogen-bond donors (Lipinski definition) is 0. The molecule has 2 aromatic rings. The van der Waals surface area contributed by atoms with Crippen molar-refractivity contribution in [3.05, 3.63) is 51.9 Å². The number of hydrogen-bond acceptors (Lipinski definition) is 4. The van der Waals surface area contributed by atoms with Crippen molar-refractivity contribution in [2.45, 2.75) is 32.4 Å². The van der Waals surface area contributed by atoms with Crippen molar-refractivity contribution in [2.75, 3.05) is 32.8 Å². The first-order valence-electron chi connectivity index (χ1n) is 11.0. The van der Waals surface area contributed by atoms with E-state index in [2.05, 4.69) is 9.80 Å². The van der Waals surface area contributed by atoms with E-state index in [0.29, 0.717) is 31.6 Å². The average molecular weight is 411 g/mol. The molecule has 5 rings (SSSR count). The molecule has 2 aliphatic heterocycles. The molecule has 1 saturated carbocycles. The molecule has 1 aliphatic carbocycles. The highest BCUT2D eigenvalue weighted by Crippen LogP contribution is 2.33. The molecule has 160 valence electrons. The van der Waals surface area contributed by atoms with Crippen molar-refractivity contribution in [3.63, 3.8) is 0 Å². The van der Waals surface area contributed by atoms with Crippen LogP contribution in [0.25, 0.3) is 5.69 Å². The molecule has 3 aliphatic rings. The molecule has 0 unspecified atom stereocenters. The summed E-state index contributed by atoms with van der Waals surface area (Å²) in [5, 5.41) is 0. The van der Waals surface area contributed by atoms with Crippen LogP contribution in [0.4, 0.5) is 0 Å². The number of rotatable bonds is 4. The highest BCUT2D eigenvalue weighted by Gasteiger charge is 2.41. The minimum atomic E-state index is 0.0396. The molecule has 1 aromatic carbocycles. The smallest absolute Gasteiger partial charge is 0.276 e. The quantitative estimate of drug-likeness (QED) is 0.768. The van der Waals surface area contributed by atoms with E-state index < -0.39 is 0 Å². The number of benzene rings is 1. The average Bonchev–Trinajstić information content (AvgIpc) is 3.56. The topological polar surface area (TPSA) is 59.7 Å². The van der Waals surface area contributed by atoms with Crippen LogP contribution in [0.2, 0.25) is 0 Å². The van der Waals surface area contributed by atoms with Crippen molar-refractivity contribution in [3.8, 4) is 5.69 Å². The van der Waals surface area contributed by atoms with Crippen molar-refractivity contribution >= 4 is 5.91 Å². The van der Waals surface area contributed by atoms with Crippen LogP contribution in [0.1, 0.15) is 24.1 Å². The van der Waals surface area contributed by atoms with Crippen molar-refractivity contribution in [1.29, 1.82) is 0 Å². The summed E-state index contributed by atoms with van der Waals surface area (Å²) in [6.07, 6.45) is 2.05. The van der Waals surface area contributed by atoms with Gasteiger partial charge in [-0.15, -0.1) is 0 Å². The van der Waals surface area contributed by atoms with Crippen molar-refractivity contribution in [2.24, 2.45) is 18.9 Å². The molecular formula is C23H30N4O3. The van der Waals surface area contributed by atoms with Gasteiger partial charge in [0, 0.05) is 50.8 Å². The lowest BCUT2D eigenvalue weighted by Crippen LogP contribution is -2.47. The van der Waals surface area contributed by atoms with Gasteiger partial charge in [0.15, 0.2) is 0 Å². The summed E-state index contributed by atoms with van der Waals surface area (Å²) in [5.41, 5.74) is 2.74. The molecule has 2 bridgehead atoms. The van der Waals surface area contributed by atoms with Gasteiger partial charge in [0.25, 0.3) is 5.56 Å². The molecule has 0 N–H and O–H groups in total. The van der Waals surface area contributed by atoms with Crippen molar-refractivity contribution < 1.29 is 9.53 Å². The number of carbonyl (C=O) groups is 1. The Morgan fingerprint density at radius 3 is 2.60 bits per heavy atom. The van der Waals surface area contributed by atoms with Crippen LogP contribution >= 0.6 is 0 Å². The summed E-state index contributed by atoms with van der Waals surface area (Å²) >= 11 is 0. The van der Waals surface area contributed by atoms with Crippen LogP contribution in [-0.4, -0.2) is 64.0 Å². The second-order valence-corrected chi connectivity index (χ2v) is 9.06. The van der Waals surface area contributed by atoms with Crippen LogP contribution in [0.5, 0.6) is 0 Å². The SMILES string of the molecule is Cc1c(CN2C[C@@H]3COC[C@H](C2)N(C(=O)C2CC2)C3)c(=O)n(-c2ccccc2)n1C. The molecule has 0 spiro atoms. The summed E-state index contributed by atoms with van der Waals surface area (Å²) in [5.74, 6) is 0.826. The first kappa shape index (κ1) is 19.6. The zero-order valence-electron chi connectivity index (χ0n) is 17.8. The fourth-order valence-corrected chi connectivity index (χ4v) is 4.93. The van der Waals surface area contributed by atoms with Crippen LogP contribution in [0, 0.1) is 18.8 Å². The largest absolute Gasteiger partial charge is 0.379 e. The summed E-state index contributed by atoms with van der Waals surface area (Å²) < 4.78 is 9.57. The Balaban J connectivity index is 1.41. The fraction of sp³-hybridized carbons (Fsp3) is 0.565. The van der Waals surface area contributed by atoms with Gasteiger partial charge in [-0.25, -0.2) is 4.68 Å². The maximum absolute atomic E-state index is 13.3. The first-order chi connectivity index (χ1) is 14.5. The summed E-state index contributed by atoms with van der Waals surface area (Å²) in [6, 6.07) is 9.85. The number of nitrogens with zero attached hydrogens (tertiary/aromatic N) is 4. The maximum Gasteiger partial charge on any atom is 0.276 e. The van der Waals surface area contributed by atoms with Gasteiger partial charge in [-0.05, 0) is 31.9 Å². The van der Waals surface area contributed by atoms with Gasteiger partial charge in [0.2, 0.25) is 5.91 Å². The van der Waals surface area contributed by atoms with Gasteiger partial charge in [-0.1, -0.05) is 18.2 Å². The summed E-state index contributed by atoms with van der Waals surface area (Å²) in [7, 11) is 1.94. The lowest BCUT2D eigenvalue weighted by Gasteiger charge is -2.31. The summed E-state index contributed by atoms with van der Waals surface area (Å²) in [6.45, 7) is 6.28. The predicted molar refractivity (Wildman–Crippen MR) is 114 cm³/mol. The molecular weight excluding hydrogens is 380 g/mol. The Morgan fingerprint density at radius 2 is 1.87 bits per heavy atom. The molecule has 30 heavy (non-hydrogen) atoms. The lowest BCUT2D eigenvalue weighted by atomic mass is 10.1. The third-order valence-electron chi connectivity index (χ3n) is 6.81. The standard InChI is InChI=1S/C23H30N4O3/c1-16-21(23(29)27(24(16)2)19-6-4-3-5-7-19)13-25-10-17-11-26(22(28)18-8-9-18)20(12-25)15-30-14-17/h3-7,17-18,20H,8-15H2,1-2H3/t17-,20-/m0/s1. The van der Waals surface area contributed by atoms with Crippen LogP contribution in [-0.2, 0) is 23.1 Å². The predicted octanol–water partition coefficient (Wildman–Crippen LogP) is 1.55. The Hall–Kier alpha value is -2.38. The Morgan fingerprint density at radius 1 is 1.10 bits per heavy atom. The Bertz CT molecular complexity index is 992. The van der Waals surface area contributed by atoms with E-state index >= 15 is 0 Å². The summed E-state index contributed by atoms with van der Waals surface area (Å²) in [4.78, 5) is 30.6. The molecule has 7 heteroatoms. The third kappa shape index (κ3) is 3.50. The lowest BCUT2D eigenvalue weighted by molar-refractivity contribution is -0.135. The molecule has 2 atom stereocenters. The van der Waals surface area contributed by atoms with Gasteiger partial charge in [0.1, 0.15) is 0 Å². The molecule has 2 saturated heterocycles. The van der Waals surface area contributed by atoms with Gasteiger partial charge in [0.05, 0.1) is 30.5 Å². The van der Waals surface area contributed by atoms with Gasteiger partial charge >= 0.3 is 0 Å². The highest BCUT2D eigenvalue weighted by molar-refractivity contribution is 5.81.